The van der Waals surface area contributed by atoms with E-state index in [1.165, 1.54) is 0 Å². The van der Waals surface area contributed by atoms with E-state index in [4.69, 9.17) is 11.6 Å². The average molecular weight is 271 g/mol. The van der Waals surface area contributed by atoms with Crippen molar-refractivity contribution in [1.29, 1.82) is 0 Å². The molecule has 0 radical (unpaired) electrons. The molecular weight excluding hydrogens is 260 g/mol. The van der Waals surface area contributed by atoms with Crippen LogP contribution in [0.5, 0.6) is 5.75 Å². The molecule has 0 amide bonds. The minimum atomic E-state index is 0.200. The Morgan fingerprint density at radius 2 is 1.79 bits per heavy atom. The number of nitrogens with zero attached hydrogens (tertiary/aromatic N) is 1. The molecule has 0 aliphatic heterocycles. The van der Waals surface area contributed by atoms with Gasteiger partial charge >= 0.3 is 0 Å². The molecule has 2 aromatic carbocycles. The van der Waals surface area contributed by atoms with Crippen molar-refractivity contribution < 1.29 is 5.11 Å². The van der Waals surface area contributed by atoms with Gasteiger partial charge in [0.25, 0.3) is 0 Å². The molecular formula is C15H11ClN2O. The molecule has 4 heteroatoms. The summed E-state index contributed by atoms with van der Waals surface area (Å²) >= 11 is 6.02. The van der Waals surface area contributed by atoms with E-state index in [0.29, 0.717) is 16.4 Å². The highest BCUT2D eigenvalue weighted by molar-refractivity contribution is 6.33. The van der Waals surface area contributed by atoms with Crippen LogP contribution in [-0.4, -0.2) is 16.3 Å². The fourth-order valence-electron chi connectivity index (χ4n) is 1.93. The predicted octanol–water partition coefficient (Wildman–Crippen LogP) is 4.28. The molecule has 0 unspecified atom stereocenters. The molecule has 3 aromatic rings. The topological polar surface area (TPSA) is 48.4 Å². The number of H-pyrrole nitrogens is 1. The zero-order chi connectivity index (χ0) is 13.2. The van der Waals surface area contributed by atoms with Gasteiger partial charge in [-0.25, -0.2) is 0 Å². The van der Waals surface area contributed by atoms with Crippen molar-refractivity contribution >= 4 is 34.4 Å². The van der Waals surface area contributed by atoms with Crippen LogP contribution < -0.4 is 0 Å². The van der Waals surface area contributed by atoms with E-state index in [1.54, 1.807) is 12.3 Å². The number of aromatic amines is 1. The summed E-state index contributed by atoms with van der Waals surface area (Å²) in [6.07, 6.45) is 1.58. The zero-order valence-corrected chi connectivity index (χ0v) is 10.7. The van der Waals surface area contributed by atoms with E-state index in [9.17, 15) is 5.11 Å². The zero-order valence-electron chi connectivity index (χ0n) is 9.97. The number of para-hydroxylation sites is 2. The van der Waals surface area contributed by atoms with Gasteiger partial charge in [0.15, 0.2) is 0 Å². The van der Waals surface area contributed by atoms with Crippen molar-refractivity contribution in [3.8, 4) is 5.75 Å². The van der Waals surface area contributed by atoms with E-state index >= 15 is 0 Å². The molecule has 0 atom stereocenters. The van der Waals surface area contributed by atoms with Crippen molar-refractivity contribution in [3.05, 3.63) is 59.2 Å². The minimum Gasteiger partial charge on any atom is -0.505 e. The van der Waals surface area contributed by atoms with Crippen LogP contribution in [0.15, 0.2) is 53.5 Å². The Bertz CT molecular complexity index is 762. The first-order valence-electron chi connectivity index (χ1n) is 5.84. The lowest BCUT2D eigenvalue weighted by Crippen LogP contribution is -1.80. The third kappa shape index (κ3) is 2.20. The van der Waals surface area contributed by atoms with Gasteiger partial charge in [-0.15, -0.1) is 0 Å². The molecule has 0 bridgehead atoms. The van der Waals surface area contributed by atoms with E-state index in [2.05, 4.69) is 9.98 Å². The van der Waals surface area contributed by atoms with Gasteiger partial charge in [0.1, 0.15) is 11.4 Å². The Labute approximate surface area is 115 Å². The van der Waals surface area contributed by atoms with Gasteiger partial charge in [0, 0.05) is 10.9 Å². The maximum absolute atomic E-state index is 10.1. The van der Waals surface area contributed by atoms with Crippen LogP contribution in [0.4, 0.5) is 5.69 Å². The van der Waals surface area contributed by atoms with Crippen LogP contribution in [0, 0.1) is 0 Å². The molecule has 1 aromatic heterocycles. The van der Waals surface area contributed by atoms with Crippen molar-refractivity contribution in [2.45, 2.75) is 0 Å². The van der Waals surface area contributed by atoms with Crippen molar-refractivity contribution in [1.82, 2.24) is 4.98 Å². The monoisotopic (exact) mass is 270 g/mol. The van der Waals surface area contributed by atoms with Crippen LogP contribution in [0.25, 0.3) is 10.9 Å². The Morgan fingerprint density at radius 3 is 2.58 bits per heavy atom. The number of nitrogens with one attached hydrogen (secondary N) is 1. The fraction of sp³-hybridized carbons (Fsp3) is 0. The molecule has 94 valence electrons. The Balaban J connectivity index is 2.02. The molecule has 2 N–H and O–H groups in total. The Hall–Kier alpha value is -2.26. The lowest BCUT2D eigenvalue weighted by atomic mass is 10.2. The molecule has 0 saturated carbocycles. The van der Waals surface area contributed by atoms with Crippen molar-refractivity contribution in [3.63, 3.8) is 0 Å². The highest BCUT2D eigenvalue weighted by Gasteiger charge is 2.07. The largest absolute Gasteiger partial charge is 0.505 e. The smallest absolute Gasteiger partial charge is 0.149 e. The van der Waals surface area contributed by atoms with Crippen LogP contribution in [0.2, 0.25) is 5.02 Å². The fourth-order valence-corrected chi connectivity index (χ4v) is 2.12. The van der Waals surface area contributed by atoms with Crippen LogP contribution >= 0.6 is 11.6 Å². The summed E-state index contributed by atoms with van der Waals surface area (Å²) in [6.45, 7) is 0. The summed E-state index contributed by atoms with van der Waals surface area (Å²) in [4.78, 5) is 7.40. The number of aromatic hydroxyl groups is 1. The summed E-state index contributed by atoms with van der Waals surface area (Å²) in [5, 5.41) is 11.4. The number of fused-ring (bicyclic) bond motifs is 1. The first-order chi connectivity index (χ1) is 9.25. The lowest BCUT2D eigenvalue weighted by Gasteiger charge is -1.95. The number of aromatic nitrogens is 1. The lowest BCUT2D eigenvalue weighted by molar-refractivity contribution is 0.480. The molecule has 0 spiro atoms. The second-order valence-corrected chi connectivity index (χ2v) is 4.55. The Morgan fingerprint density at radius 1 is 1.05 bits per heavy atom. The number of hydrogen-bond acceptors (Lipinski definition) is 2. The molecule has 19 heavy (non-hydrogen) atoms. The van der Waals surface area contributed by atoms with E-state index in [1.807, 2.05) is 42.5 Å². The summed E-state index contributed by atoms with van der Waals surface area (Å²) < 4.78 is 0. The average Bonchev–Trinajstić information content (AvgIpc) is 2.75. The normalized spacial score (nSPS) is 11.4. The first kappa shape index (κ1) is 11.8. The minimum absolute atomic E-state index is 0.200. The van der Waals surface area contributed by atoms with Gasteiger partial charge < -0.3 is 10.1 Å². The Kier molecular flexibility index (Phi) is 2.97. The maximum Gasteiger partial charge on any atom is 0.149 e. The standard InChI is InChI=1S/C15H11ClN2O/c16-11-6-2-4-8-13(11)17-9-14-15(19)10-5-1-3-7-12(10)18-14/h1-9,18-19H. The quantitative estimate of drug-likeness (QED) is 0.671. The molecule has 0 fully saturated rings. The van der Waals surface area contributed by atoms with E-state index in [-0.39, 0.29) is 5.75 Å². The van der Waals surface area contributed by atoms with Crippen LogP contribution in [0.3, 0.4) is 0 Å². The van der Waals surface area contributed by atoms with E-state index in [0.717, 1.165) is 10.9 Å². The SMILES string of the molecule is Oc1c(C=Nc2ccccc2Cl)[nH]c2ccccc12. The number of hydrogen-bond donors (Lipinski definition) is 2. The van der Waals surface area contributed by atoms with Crippen molar-refractivity contribution in [2.24, 2.45) is 4.99 Å². The van der Waals surface area contributed by atoms with Gasteiger partial charge in [0.2, 0.25) is 0 Å². The number of rotatable bonds is 2. The third-order valence-electron chi connectivity index (χ3n) is 2.89. The van der Waals surface area contributed by atoms with Gasteiger partial charge in [-0.05, 0) is 24.3 Å². The second-order valence-electron chi connectivity index (χ2n) is 4.14. The summed E-state index contributed by atoms with van der Waals surface area (Å²) in [5.74, 6) is 0.200. The second kappa shape index (κ2) is 4.78. The summed E-state index contributed by atoms with van der Waals surface area (Å²) in [6, 6.07) is 14.9. The maximum atomic E-state index is 10.1. The number of aliphatic imine (C=N–C) groups is 1. The predicted molar refractivity (Wildman–Crippen MR) is 78.7 cm³/mol. The number of benzene rings is 2. The molecule has 0 saturated heterocycles. The molecule has 1 heterocycles. The van der Waals surface area contributed by atoms with Gasteiger partial charge in [-0.2, -0.15) is 0 Å². The molecule has 3 nitrogen and oxygen atoms in total. The van der Waals surface area contributed by atoms with Gasteiger partial charge in [-0.1, -0.05) is 35.9 Å². The summed E-state index contributed by atoms with van der Waals surface area (Å²) in [7, 11) is 0. The number of halogens is 1. The highest BCUT2D eigenvalue weighted by Crippen LogP contribution is 2.28. The van der Waals surface area contributed by atoms with Crippen LogP contribution in [0.1, 0.15) is 5.69 Å². The molecule has 3 rings (SSSR count). The van der Waals surface area contributed by atoms with Gasteiger partial charge in [0.05, 0.1) is 16.9 Å². The third-order valence-corrected chi connectivity index (χ3v) is 3.21. The molecule has 0 aliphatic carbocycles. The molecule has 0 aliphatic rings. The highest BCUT2D eigenvalue weighted by atomic mass is 35.5. The van der Waals surface area contributed by atoms with Crippen LogP contribution in [-0.2, 0) is 0 Å². The summed E-state index contributed by atoms with van der Waals surface area (Å²) in [5.41, 5.74) is 2.11. The van der Waals surface area contributed by atoms with Crippen molar-refractivity contribution in [2.75, 3.05) is 0 Å². The van der Waals surface area contributed by atoms with Gasteiger partial charge in [-0.3, -0.25) is 4.99 Å². The first-order valence-corrected chi connectivity index (χ1v) is 6.22. The van der Waals surface area contributed by atoms with E-state index < -0.39 is 0 Å².